The average Bonchev–Trinajstić information content (AvgIpc) is 3.20. The number of carbonyl (C=O) groups excluding carboxylic acids is 1. The molecule has 3 rings (SSSR count). The van der Waals surface area contributed by atoms with Crippen LogP contribution in [0.15, 0.2) is 28.8 Å². The van der Waals surface area contributed by atoms with E-state index in [1.807, 2.05) is 38.1 Å². The monoisotopic (exact) mass is 359 g/mol. The Hall–Kier alpha value is -2.48. The Morgan fingerprint density at radius 2 is 2.12 bits per heavy atom. The van der Waals surface area contributed by atoms with Gasteiger partial charge >= 0.3 is 6.03 Å². The van der Waals surface area contributed by atoms with Crippen molar-refractivity contribution in [2.45, 2.75) is 32.7 Å². The number of urea groups is 1. The van der Waals surface area contributed by atoms with Gasteiger partial charge in [-0.3, -0.25) is 0 Å². The van der Waals surface area contributed by atoms with Crippen LogP contribution in [0.1, 0.15) is 36.5 Å². The lowest BCUT2D eigenvalue weighted by atomic mass is 10.2. The third-order valence-electron chi connectivity index (χ3n) is 3.67. The maximum Gasteiger partial charge on any atom is 0.317 e. The molecule has 1 N–H and O–H groups in total. The predicted molar refractivity (Wildman–Crippen MR) is 96.6 cm³/mol. The molecule has 0 radical (unpaired) electrons. The van der Waals surface area contributed by atoms with Gasteiger partial charge in [0.05, 0.1) is 16.8 Å². The zero-order valence-corrected chi connectivity index (χ0v) is 15.3. The van der Waals surface area contributed by atoms with E-state index in [1.54, 1.807) is 23.3 Å². The van der Waals surface area contributed by atoms with Crippen LogP contribution in [0.3, 0.4) is 0 Å². The number of hydrogen-bond acceptors (Lipinski definition) is 6. The molecule has 2 amide bonds. The van der Waals surface area contributed by atoms with Crippen LogP contribution in [-0.4, -0.2) is 39.6 Å². The fourth-order valence-electron chi connectivity index (χ4n) is 2.28. The van der Waals surface area contributed by atoms with Crippen molar-refractivity contribution in [2.24, 2.45) is 0 Å². The fraction of sp³-hybridized carbons (Fsp3) is 0.412. The Morgan fingerprint density at radius 1 is 1.32 bits per heavy atom. The number of thiazole rings is 1. The van der Waals surface area contributed by atoms with Crippen molar-refractivity contribution < 1.29 is 9.32 Å². The first-order valence-electron chi connectivity index (χ1n) is 8.19. The van der Waals surface area contributed by atoms with E-state index in [1.165, 1.54) is 0 Å². The molecular formula is C17H21N5O2S. The van der Waals surface area contributed by atoms with Crippen LogP contribution in [0.25, 0.3) is 10.2 Å². The smallest absolute Gasteiger partial charge is 0.317 e. The summed E-state index contributed by atoms with van der Waals surface area (Å²) in [7, 11) is 1.75. The quantitative estimate of drug-likeness (QED) is 0.731. The van der Waals surface area contributed by atoms with Crippen LogP contribution >= 0.6 is 11.3 Å². The van der Waals surface area contributed by atoms with Gasteiger partial charge in [-0.15, -0.1) is 11.3 Å². The molecule has 0 atom stereocenters. The number of rotatable bonds is 6. The molecule has 2 heterocycles. The summed E-state index contributed by atoms with van der Waals surface area (Å²) in [4.78, 5) is 22.6. The van der Waals surface area contributed by atoms with Gasteiger partial charge in [0, 0.05) is 25.9 Å². The molecular weight excluding hydrogens is 338 g/mol. The van der Waals surface area contributed by atoms with Crippen molar-refractivity contribution in [3.8, 4) is 0 Å². The summed E-state index contributed by atoms with van der Waals surface area (Å²) in [6.45, 7) is 4.94. The maximum atomic E-state index is 12.2. The Morgan fingerprint density at radius 3 is 2.84 bits per heavy atom. The zero-order chi connectivity index (χ0) is 17.8. The molecule has 0 bridgehead atoms. The minimum atomic E-state index is -0.150. The van der Waals surface area contributed by atoms with Crippen LogP contribution in [0, 0.1) is 0 Å². The molecule has 0 aliphatic carbocycles. The molecule has 0 spiro atoms. The summed E-state index contributed by atoms with van der Waals surface area (Å²) < 4.78 is 6.29. The van der Waals surface area contributed by atoms with Gasteiger partial charge < -0.3 is 14.7 Å². The van der Waals surface area contributed by atoms with Gasteiger partial charge in [-0.1, -0.05) is 31.1 Å². The van der Waals surface area contributed by atoms with Crippen molar-refractivity contribution in [3.05, 3.63) is 41.0 Å². The molecule has 7 nitrogen and oxygen atoms in total. The Balaban J connectivity index is 1.48. The van der Waals surface area contributed by atoms with Crippen molar-refractivity contribution in [2.75, 3.05) is 13.6 Å². The van der Waals surface area contributed by atoms with E-state index >= 15 is 0 Å². The first-order chi connectivity index (χ1) is 12.0. The highest BCUT2D eigenvalue weighted by Gasteiger charge is 2.13. The topological polar surface area (TPSA) is 84.2 Å². The molecule has 3 aromatic rings. The minimum Gasteiger partial charge on any atom is -0.339 e. The van der Waals surface area contributed by atoms with Gasteiger partial charge in [0.15, 0.2) is 5.82 Å². The highest BCUT2D eigenvalue weighted by molar-refractivity contribution is 7.18. The van der Waals surface area contributed by atoms with E-state index in [9.17, 15) is 4.79 Å². The lowest BCUT2D eigenvalue weighted by Crippen LogP contribution is -2.37. The highest BCUT2D eigenvalue weighted by atomic mass is 32.1. The summed E-state index contributed by atoms with van der Waals surface area (Å²) in [6, 6.07) is 7.81. The fourth-order valence-corrected chi connectivity index (χ4v) is 3.30. The van der Waals surface area contributed by atoms with Crippen LogP contribution in [0.5, 0.6) is 0 Å². The third kappa shape index (κ3) is 4.33. The van der Waals surface area contributed by atoms with Gasteiger partial charge in [-0.05, 0) is 12.1 Å². The van der Waals surface area contributed by atoms with Crippen molar-refractivity contribution in [1.82, 2.24) is 25.3 Å². The molecule has 8 heteroatoms. The normalized spacial score (nSPS) is 11.2. The Kier molecular flexibility index (Phi) is 5.28. The number of amides is 2. The molecule has 0 aliphatic rings. The summed E-state index contributed by atoms with van der Waals surface area (Å²) in [5.41, 5.74) is 0.966. The average molecular weight is 359 g/mol. The molecule has 132 valence electrons. The molecule has 1 aromatic carbocycles. The van der Waals surface area contributed by atoms with Gasteiger partial charge in [0.25, 0.3) is 0 Å². The predicted octanol–water partition coefficient (Wildman–Crippen LogP) is 3.19. The second-order valence-electron chi connectivity index (χ2n) is 6.11. The summed E-state index contributed by atoms with van der Waals surface area (Å²) in [5.74, 6) is 1.46. The molecule has 0 fully saturated rings. The zero-order valence-electron chi connectivity index (χ0n) is 14.5. The molecule has 0 saturated carbocycles. The van der Waals surface area contributed by atoms with Gasteiger partial charge in [0.2, 0.25) is 5.89 Å². The van der Waals surface area contributed by atoms with Gasteiger partial charge in [0.1, 0.15) is 5.01 Å². The molecule has 0 unspecified atom stereocenters. The number of aromatic nitrogens is 3. The number of nitrogens with one attached hydrogen (secondary N) is 1. The molecule has 0 saturated heterocycles. The van der Waals surface area contributed by atoms with E-state index in [0.29, 0.717) is 31.2 Å². The Bertz CT molecular complexity index is 824. The molecule has 0 aliphatic heterocycles. The van der Waals surface area contributed by atoms with Gasteiger partial charge in [-0.2, -0.15) is 4.98 Å². The van der Waals surface area contributed by atoms with Crippen LogP contribution < -0.4 is 5.32 Å². The Labute approximate surface area is 150 Å². The standard InChI is InChI=1S/C17H21N5O2S/c1-11(2)16-20-14(24-21-16)8-9-18-17(23)22(3)10-15-19-12-6-4-5-7-13(12)25-15/h4-7,11H,8-10H2,1-3H3,(H,18,23). The summed E-state index contributed by atoms with van der Waals surface area (Å²) in [6.07, 6.45) is 0.514. The highest BCUT2D eigenvalue weighted by Crippen LogP contribution is 2.22. The molecule has 25 heavy (non-hydrogen) atoms. The second-order valence-corrected chi connectivity index (χ2v) is 7.23. The number of carbonyl (C=O) groups is 1. The number of benzene rings is 1. The minimum absolute atomic E-state index is 0.150. The van der Waals surface area contributed by atoms with E-state index in [2.05, 4.69) is 20.4 Å². The summed E-state index contributed by atoms with van der Waals surface area (Å²) >= 11 is 1.60. The number of nitrogens with zero attached hydrogens (tertiary/aromatic N) is 4. The lowest BCUT2D eigenvalue weighted by molar-refractivity contribution is 0.206. The van der Waals surface area contributed by atoms with Gasteiger partial charge in [-0.25, -0.2) is 9.78 Å². The first kappa shape index (κ1) is 17.3. The summed E-state index contributed by atoms with van der Waals surface area (Å²) in [5, 5.41) is 7.68. The lowest BCUT2D eigenvalue weighted by Gasteiger charge is -2.16. The maximum absolute atomic E-state index is 12.2. The van der Waals surface area contributed by atoms with Crippen molar-refractivity contribution in [3.63, 3.8) is 0 Å². The van der Waals surface area contributed by atoms with Crippen molar-refractivity contribution >= 4 is 27.6 Å². The van der Waals surface area contributed by atoms with E-state index in [0.717, 1.165) is 15.2 Å². The van der Waals surface area contributed by atoms with Crippen LogP contribution in [-0.2, 0) is 13.0 Å². The van der Waals surface area contributed by atoms with E-state index in [-0.39, 0.29) is 11.9 Å². The number of para-hydroxylation sites is 1. The third-order valence-corrected chi connectivity index (χ3v) is 4.69. The number of hydrogen-bond donors (Lipinski definition) is 1. The van der Waals surface area contributed by atoms with Crippen molar-refractivity contribution in [1.29, 1.82) is 0 Å². The largest absolute Gasteiger partial charge is 0.339 e. The van der Waals surface area contributed by atoms with Crippen LogP contribution in [0.4, 0.5) is 4.79 Å². The SMILES string of the molecule is CC(C)c1noc(CCNC(=O)N(C)Cc2nc3ccccc3s2)n1. The van der Waals surface area contributed by atoms with Crippen LogP contribution in [0.2, 0.25) is 0 Å². The number of fused-ring (bicyclic) bond motifs is 1. The van der Waals surface area contributed by atoms with E-state index < -0.39 is 0 Å². The van der Waals surface area contributed by atoms with E-state index in [4.69, 9.17) is 4.52 Å². The first-order valence-corrected chi connectivity index (χ1v) is 9.00. The second kappa shape index (κ2) is 7.60. The molecule has 2 aromatic heterocycles.